The quantitative estimate of drug-likeness (QED) is 0.807. The molecule has 1 aromatic carbocycles. The maximum Gasteiger partial charge on any atom is 0.229 e. The zero-order valence-electron chi connectivity index (χ0n) is 16.5. The van der Waals surface area contributed by atoms with Crippen molar-refractivity contribution in [3.8, 4) is 5.75 Å². The number of aromatic nitrogens is 2. The molecule has 2 aliphatic rings. The number of benzene rings is 1. The Morgan fingerprint density at radius 3 is 2.97 bits per heavy atom. The first-order valence-electron chi connectivity index (χ1n) is 9.98. The highest BCUT2D eigenvalue weighted by molar-refractivity contribution is 6.03. The first kappa shape index (κ1) is 19.4. The lowest BCUT2D eigenvalue weighted by molar-refractivity contribution is -0.122. The summed E-state index contributed by atoms with van der Waals surface area (Å²) in [5.41, 5.74) is 1.41. The molecule has 4 rings (SSSR count). The van der Waals surface area contributed by atoms with E-state index < -0.39 is 5.92 Å². The summed E-state index contributed by atoms with van der Waals surface area (Å²) in [6.07, 6.45) is 5.77. The molecular formula is C21H26N4O4. The molecule has 0 bridgehead atoms. The van der Waals surface area contributed by atoms with E-state index in [2.05, 4.69) is 10.4 Å². The fourth-order valence-corrected chi connectivity index (χ4v) is 3.88. The zero-order chi connectivity index (χ0) is 20.2. The van der Waals surface area contributed by atoms with Crippen LogP contribution in [0.25, 0.3) is 0 Å². The summed E-state index contributed by atoms with van der Waals surface area (Å²) in [4.78, 5) is 26.8. The predicted molar refractivity (Wildman–Crippen MR) is 108 cm³/mol. The van der Waals surface area contributed by atoms with E-state index in [0.717, 1.165) is 38.3 Å². The third-order valence-corrected chi connectivity index (χ3v) is 5.55. The van der Waals surface area contributed by atoms with Crippen molar-refractivity contribution in [1.82, 2.24) is 9.78 Å². The van der Waals surface area contributed by atoms with Gasteiger partial charge in [0.05, 0.1) is 24.9 Å². The van der Waals surface area contributed by atoms with Crippen LogP contribution in [0.1, 0.15) is 19.3 Å². The van der Waals surface area contributed by atoms with Crippen molar-refractivity contribution in [2.75, 3.05) is 37.1 Å². The molecule has 0 spiro atoms. The molecule has 2 amide bonds. The minimum atomic E-state index is -0.396. The van der Waals surface area contributed by atoms with E-state index in [1.165, 1.54) is 0 Å². The lowest BCUT2D eigenvalue weighted by Crippen LogP contribution is -2.28. The van der Waals surface area contributed by atoms with E-state index in [4.69, 9.17) is 9.47 Å². The van der Waals surface area contributed by atoms with Gasteiger partial charge >= 0.3 is 0 Å². The van der Waals surface area contributed by atoms with Crippen molar-refractivity contribution in [2.24, 2.45) is 11.8 Å². The highest BCUT2D eigenvalue weighted by Gasteiger charge is 2.35. The van der Waals surface area contributed by atoms with E-state index >= 15 is 0 Å². The van der Waals surface area contributed by atoms with Crippen LogP contribution in [-0.2, 0) is 20.9 Å². The van der Waals surface area contributed by atoms with Crippen LogP contribution < -0.4 is 15.0 Å². The molecule has 0 radical (unpaired) electrons. The summed E-state index contributed by atoms with van der Waals surface area (Å²) in [6.45, 7) is 2.78. The Bertz CT molecular complexity index is 875. The van der Waals surface area contributed by atoms with E-state index in [1.54, 1.807) is 24.3 Å². The molecular weight excluding hydrogens is 372 g/mol. The first-order valence-corrected chi connectivity index (χ1v) is 9.98. The maximum atomic E-state index is 12.7. The van der Waals surface area contributed by atoms with Gasteiger partial charge in [-0.1, -0.05) is 6.07 Å². The monoisotopic (exact) mass is 398 g/mol. The van der Waals surface area contributed by atoms with Crippen LogP contribution in [0.3, 0.4) is 0 Å². The van der Waals surface area contributed by atoms with Crippen molar-refractivity contribution in [3.63, 3.8) is 0 Å². The van der Waals surface area contributed by atoms with E-state index in [-0.39, 0.29) is 18.2 Å². The Morgan fingerprint density at radius 2 is 2.17 bits per heavy atom. The first-order chi connectivity index (χ1) is 14.1. The number of hydrogen-bond donors (Lipinski definition) is 1. The number of carbonyl (C=O) groups is 2. The summed E-state index contributed by atoms with van der Waals surface area (Å²) in [5.74, 6) is 0.617. The van der Waals surface area contributed by atoms with Crippen molar-refractivity contribution in [2.45, 2.75) is 25.8 Å². The highest BCUT2D eigenvalue weighted by atomic mass is 16.5. The predicted octanol–water partition coefficient (Wildman–Crippen LogP) is 2.31. The van der Waals surface area contributed by atoms with Crippen LogP contribution in [0, 0.1) is 11.8 Å². The molecule has 1 N–H and O–H groups in total. The summed E-state index contributed by atoms with van der Waals surface area (Å²) < 4.78 is 12.5. The molecule has 2 saturated heterocycles. The summed E-state index contributed by atoms with van der Waals surface area (Å²) in [6, 6.07) is 7.31. The number of methoxy groups -OCH3 is 1. The summed E-state index contributed by atoms with van der Waals surface area (Å²) in [7, 11) is 1.59. The molecule has 154 valence electrons. The Balaban J connectivity index is 1.35. The smallest absolute Gasteiger partial charge is 0.229 e. The molecule has 1 aromatic heterocycles. The number of amides is 2. The van der Waals surface area contributed by atoms with Crippen LogP contribution in [0.5, 0.6) is 5.75 Å². The lowest BCUT2D eigenvalue weighted by Gasteiger charge is -2.21. The van der Waals surface area contributed by atoms with Crippen LogP contribution in [0.4, 0.5) is 11.4 Å². The van der Waals surface area contributed by atoms with Gasteiger partial charge in [0.1, 0.15) is 5.75 Å². The zero-order valence-corrected chi connectivity index (χ0v) is 16.5. The van der Waals surface area contributed by atoms with E-state index in [9.17, 15) is 9.59 Å². The molecule has 8 heteroatoms. The SMILES string of the molecule is COc1cccc(N2C[C@H](C(=O)Nc3cnn(CC4CCOCC4)c3)CC2=O)c1. The minimum Gasteiger partial charge on any atom is -0.497 e. The standard InChI is InChI=1S/C21H26N4O4/c1-28-19-4-2-3-18(10-19)25-13-16(9-20(25)26)21(27)23-17-11-22-24(14-17)12-15-5-7-29-8-6-15/h2-4,10-11,14-16H,5-9,12-13H2,1H3,(H,23,27)/t16-/m1/s1. The highest BCUT2D eigenvalue weighted by Crippen LogP contribution is 2.28. The Labute approximate surface area is 169 Å². The van der Waals surface area contributed by atoms with Gasteiger partial charge in [-0.15, -0.1) is 0 Å². The third kappa shape index (κ3) is 4.59. The molecule has 2 fully saturated rings. The van der Waals surface area contributed by atoms with Gasteiger partial charge in [0, 0.05) is 50.7 Å². The third-order valence-electron chi connectivity index (χ3n) is 5.55. The molecule has 1 atom stereocenters. The van der Waals surface area contributed by atoms with E-state index in [0.29, 0.717) is 23.9 Å². The fraction of sp³-hybridized carbons (Fsp3) is 0.476. The fourth-order valence-electron chi connectivity index (χ4n) is 3.88. The van der Waals surface area contributed by atoms with Crippen molar-refractivity contribution < 1.29 is 19.1 Å². The van der Waals surface area contributed by atoms with Crippen LogP contribution >= 0.6 is 0 Å². The average Bonchev–Trinajstić information content (AvgIpc) is 3.35. The van der Waals surface area contributed by atoms with Crippen molar-refractivity contribution in [3.05, 3.63) is 36.7 Å². The van der Waals surface area contributed by atoms with Crippen LogP contribution in [0.15, 0.2) is 36.7 Å². The second-order valence-electron chi connectivity index (χ2n) is 7.60. The van der Waals surface area contributed by atoms with Gasteiger partial charge in [-0.05, 0) is 30.9 Å². The van der Waals surface area contributed by atoms with Crippen molar-refractivity contribution >= 4 is 23.2 Å². The van der Waals surface area contributed by atoms with Gasteiger partial charge in [-0.25, -0.2) is 0 Å². The number of nitrogens with one attached hydrogen (secondary N) is 1. The number of carbonyl (C=O) groups excluding carboxylic acids is 2. The second kappa shape index (κ2) is 8.65. The van der Waals surface area contributed by atoms with Gasteiger partial charge < -0.3 is 19.7 Å². The maximum absolute atomic E-state index is 12.7. The van der Waals surface area contributed by atoms with Crippen molar-refractivity contribution in [1.29, 1.82) is 0 Å². The van der Waals surface area contributed by atoms with E-state index in [1.807, 2.05) is 29.1 Å². The normalized spacial score (nSPS) is 20.1. The van der Waals surface area contributed by atoms with Crippen LogP contribution in [-0.4, -0.2) is 48.5 Å². The van der Waals surface area contributed by atoms with Crippen LogP contribution in [0.2, 0.25) is 0 Å². The number of rotatable bonds is 6. The molecule has 2 aliphatic heterocycles. The molecule has 3 heterocycles. The Morgan fingerprint density at radius 1 is 1.34 bits per heavy atom. The molecule has 8 nitrogen and oxygen atoms in total. The lowest BCUT2D eigenvalue weighted by atomic mass is 10.0. The second-order valence-corrected chi connectivity index (χ2v) is 7.60. The Hall–Kier alpha value is -2.87. The molecule has 29 heavy (non-hydrogen) atoms. The van der Waals surface area contributed by atoms with Gasteiger partial charge in [-0.3, -0.25) is 14.3 Å². The molecule has 0 unspecified atom stereocenters. The minimum absolute atomic E-state index is 0.0615. The number of ether oxygens (including phenoxy) is 2. The van der Waals surface area contributed by atoms with Gasteiger partial charge in [-0.2, -0.15) is 5.10 Å². The van der Waals surface area contributed by atoms with Gasteiger partial charge in [0.25, 0.3) is 0 Å². The largest absolute Gasteiger partial charge is 0.497 e. The van der Waals surface area contributed by atoms with Gasteiger partial charge in [0.15, 0.2) is 0 Å². The average molecular weight is 398 g/mol. The number of nitrogens with zero attached hydrogens (tertiary/aromatic N) is 3. The number of anilines is 2. The van der Waals surface area contributed by atoms with Gasteiger partial charge in [0.2, 0.25) is 11.8 Å². The Kier molecular flexibility index (Phi) is 5.80. The summed E-state index contributed by atoms with van der Waals surface area (Å²) in [5, 5.41) is 7.26. The molecule has 0 saturated carbocycles. The number of hydrogen-bond acceptors (Lipinski definition) is 5. The molecule has 0 aliphatic carbocycles. The topological polar surface area (TPSA) is 85.7 Å². The summed E-state index contributed by atoms with van der Waals surface area (Å²) >= 11 is 0. The molecule has 2 aromatic rings.